The monoisotopic (exact) mass is 269 g/mol. The van der Waals surface area contributed by atoms with Gasteiger partial charge in [0.25, 0.3) is 0 Å². The van der Waals surface area contributed by atoms with Crippen LogP contribution in [0.25, 0.3) is 11.4 Å². The van der Waals surface area contributed by atoms with Gasteiger partial charge in [-0.25, -0.2) is 0 Å². The average Bonchev–Trinajstić information content (AvgIpc) is 3.14. The maximum Gasteiger partial charge on any atom is 0.244 e. The SMILES string of the molecule is Cc1ccccc1-c1noc(C2NCC3CCCC32)n1. The maximum atomic E-state index is 5.54. The lowest BCUT2D eigenvalue weighted by Crippen LogP contribution is -2.18. The molecule has 1 saturated carbocycles. The lowest BCUT2D eigenvalue weighted by atomic mass is 9.94. The molecule has 1 N–H and O–H groups in total. The summed E-state index contributed by atoms with van der Waals surface area (Å²) in [5, 5.41) is 7.74. The molecule has 4 rings (SSSR count). The molecule has 1 aliphatic heterocycles. The molecule has 2 heterocycles. The van der Waals surface area contributed by atoms with Crippen molar-refractivity contribution in [3.8, 4) is 11.4 Å². The second-order valence-corrected chi connectivity index (χ2v) is 6.01. The molecule has 2 aliphatic rings. The summed E-state index contributed by atoms with van der Waals surface area (Å²) in [6.45, 7) is 3.17. The zero-order valence-corrected chi connectivity index (χ0v) is 11.7. The number of aryl methyl sites for hydroxylation is 1. The van der Waals surface area contributed by atoms with Gasteiger partial charge < -0.3 is 9.84 Å². The molecule has 0 spiro atoms. The standard InChI is InChI=1S/C16H19N3O/c1-10-5-2-3-7-12(10)15-18-16(20-19-15)14-13-8-4-6-11(13)9-17-14/h2-3,5,7,11,13-14,17H,4,6,8-9H2,1H3. The summed E-state index contributed by atoms with van der Waals surface area (Å²) >= 11 is 0. The minimum absolute atomic E-state index is 0.257. The molecule has 2 aromatic rings. The molecule has 0 amide bonds. The van der Waals surface area contributed by atoms with Crippen molar-refractivity contribution in [1.29, 1.82) is 0 Å². The smallest absolute Gasteiger partial charge is 0.244 e. The third-order valence-corrected chi connectivity index (χ3v) is 4.84. The van der Waals surface area contributed by atoms with Crippen molar-refractivity contribution in [1.82, 2.24) is 15.5 Å². The van der Waals surface area contributed by atoms with Gasteiger partial charge in [-0.2, -0.15) is 4.98 Å². The van der Waals surface area contributed by atoms with Crippen LogP contribution in [0.1, 0.15) is 36.8 Å². The lowest BCUT2D eigenvalue weighted by molar-refractivity contribution is 0.302. The molecule has 1 aromatic heterocycles. The predicted octanol–water partition coefficient (Wildman–Crippen LogP) is 3.11. The van der Waals surface area contributed by atoms with Gasteiger partial charge >= 0.3 is 0 Å². The van der Waals surface area contributed by atoms with Crippen LogP contribution in [0.4, 0.5) is 0 Å². The molecule has 1 aromatic carbocycles. The number of benzene rings is 1. The Hall–Kier alpha value is -1.68. The molecular formula is C16H19N3O. The fraction of sp³-hybridized carbons (Fsp3) is 0.500. The number of nitrogens with one attached hydrogen (secondary N) is 1. The van der Waals surface area contributed by atoms with Crippen LogP contribution in [-0.2, 0) is 0 Å². The third kappa shape index (κ3) is 1.86. The van der Waals surface area contributed by atoms with Gasteiger partial charge in [0.1, 0.15) is 0 Å². The second kappa shape index (κ2) is 4.70. The Balaban J connectivity index is 1.64. The van der Waals surface area contributed by atoms with E-state index in [0.717, 1.165) is 23.9 Å². The highest BCUT2D eigenvalue weighted by Gasteiger charge is 2.42. The van der Waals surface area contributed by atoms with Gasteiger partial charge in [0, 0.05) is 5.56 Å². The summed E-state index contributed by atoms with van der Waals surface area (Å²) in [6.07, 6.45) is 3.96. The molecule has 20 heavy (non-hydrogen) atoms. The van der Waals surface area contributed by atoms with E-state index in [0.29, 0.717) is 11.7 Å². The zero-order valence-electron chi connectivity index (χ0n) is 11.7. The lowest BCUT2D eigenvalue weighted by Gasteiger charge is -2.13. The van der Waals surface area contributed by atoms with E-state index in [2.05, 4.69) is 28.4 Å². The van der Waals surface area contributed by atoms with E-state index in [1.807, 2.05) is 18.2 Å². The quantitative estimate of drug-likeness (QED) is 0.910. The molecule has 4 nitrogen and oxygen atoms in total. The molecule has 3 atom stereocenters. The largest absolute Gasteiger partial charge is 0.337 e. The minimum Gasteiger partial charge on any atom is -0.337 e. The number of aromatic nitrogens is 2. The molecule has 0 radical (unpaired) electrons. The Bertz CT molecular complexity index is 622. The van der Waals surface area contributed by atoms with Gasteiger partial charge in [0.15, 0.2) is 0 Å². The predicted molar refractivity (Wildman–Crippen MR) is 76.0 cm³/mol. The van der Waals surface area contributed by atoms with Crippen LogP contribution >= 0.6 is 0 Å². The highest BCUT2D eigenvalue weighted by Crippen LogP contribution is 2.44. The minimum atomic E-state index is 0.257. The molecule has 2 fully saturated rings. The summed E-state index contributed by atoms with van der Waals surface area (Å²) in [5.74, 6) is 2.95. The van der Waals surface area contributed by atoms with Crippen molar-refractivity contribution in [3.05, 3.63) is 35.7 Å². The zero-order chi connectivity index (χ0) is 13.5. The van der Waals surface area contributed by atoms with Crippen LogP contribution in [0, 0.1) is 18.8 Å². The third-order valence-electron chi connectivity index (χ3n) is 4.84. The van der Waals surface area contributed by atoms with Gasteiger partial charge in [0.05, 0.1) is 6.04 Å². The summed E-state index contributed by atoms with van der Waals surface area (Å²) in [5.41, 5.74) is 2.24. The van der Waals surface area contributed by atoms with Crippen molar-refractivity contribution in [2.24, 2.45) is 11.8 Å². The topological polar surface area (TPSA) is 51.0 Å². The van der Waals surface area contributed by atoms with Crippen LogP contribution in [0.2, 0.25) is 0 Å². The highest BCUT2D eigenvalue weighted by atomic mass is 16.5. The van der Waals surface area contributed by atoms with E-state index in [-0.39, 0.29) is 6.04 Å². The summed E-state index contributed by atoms with van der Waals surface area (Å²) in [4.78, 5) is 4.64. The number of hydrogen-bond acceptors (Lipinski definition) is 4. The Kier molecular flexibility index (Phi) is 2.84. The number of nitrogens with zero attached hydrogens (tertiary/aromatic N) is 2. The van der Waals surface area contributed by atoms with Gasteiger partial charge in [-0.15, -0.1) is 0 Å². The van der Waals surface area contributed by atoms with E-state index < -0.39 is 0 Å². The molecule has 104 valence electrons. The fourth-order valence-corrected chi connectivity index (χ4v) is 3.75. The average molecular weight is 269 g/mol. The number of hydrogen-bond donors (Lipinski definition) is 1. The van der Waals surface area contributed by atoms with E-state index in [1.54, 1.807) is 0 Å². The van der Waals surface area contributed by atoms with E-state index in [9.17, 15) is 0 Å². The van der Waals surface area contributed by atoms with Crippen LogP contribution in [-0.4, -0.2) is 16.7 Å². The van der Waals surface area contributed by atoms with E-state index >= 15 is 0 Å². The molecule has 3 unspecified atom stereocenters. The first-order valence-electron chi connectivity index (χ1n) is 7.46. The van der Waals surface area contributed by atoms with Crippen molar-refractivity contribution < 1.29 is 4.52 Å². The van der Waals surface area contributed by atoms with Crippen molar-refractivity contribution in [2.45, 2.75) is 32.2 Å². The van der Waals surface area contributed by atoms with Crippen LogP contribution in [0.3, 0.4) is 0 Å². The number of fused-ring (bicyclic) bond motifs is 1. The summed E-state index contributed by atoms with van der Waals surface area (Å²) < 4.78 is 5.54. The first-order valence-corrected chi connectivity index (χ1v) is 7.46. The highest BCUT2D eigenvalue weighted by molar-refractivity contribution is 5.59. The maximum absolute atomic E-state index is 5.54. The van der Waals surface area contributed by atoms with Crippen LogP contribution in [0.15, 0.2) is 28.8 Å². The molecule has 1 saturated heterocycles. The fourth-order valence-electron chi connectivity index (χ4n) is 3.75. The van der Waals surface area contributed by atoms with Crippen molar-refractivity contribution in [2.75, 3.05) is 6.54 Å². The molecule has 1 aliphatic carbocycles. The Morgan fingerprint density at radius 1 is 1.25 bits per heavy atom. The van der Waals surface area contributed by atoms with Gasteiger partial charge in [0.2, 0.25) is 11.7 Å². The van der Waals surface area contributed by atoms with E-state index in [1.165, 1.54) is 24.8 Å². The molecule has 0 bridgehead atoms. The Morgan fingerprint density at radius 2 is 2.15 bits per heavy atom. The van der Waals surface area contributed by atoms with Crippen LogP contribution in [0.5, 0.6) is 0 Å². The van der Waals surface area contributed by atoms with Gasteiger partial charge in [-0.3, -0.25) is 0 Å². The van der Waals surface area contributed by atoms with Crippen LogP contribution < -0.4 is 5.32 Å². The van der Waals surface area contributed by atoms with Gasteiger partial charge in [-0.05, 0) is 43.7 Å². The Morgan fingerprint density at radius 3 is 3.05 bits per heavy atom. The number of rotatable bonds is 2. The normalized spacial score (nSPS) is 28.8. The van der Waals surface area contributed by atoms with Gasteiger partial charge in [-0.1, -0.05) is 35.8 Å². The molecular weight excluding hydrogens is 250 g/mol. The first kappa shape index (κ1) is 12.1. The summed E-state index contributed by atoms with van der Waals surface area (Å²) in [6, 6.07) is 8.42. The molecule has 4 heteroatoms. The first-order chi connectivity index (χ1) is 9.83. The van der Waals surface area contributed by atoms with Crippen molar-refractivity contribution in [3.63, 3.8) is 0 Å². The Labute approximate surface area is 118 Å². The second-order valence-electron chi connectivity index (χ2n) is 6.01. The van der Waals surface area contributed by atoms with E-state index in [4.69, 9.17) is 4.52 Å². The summed E-state index contributed by atoms with van der Waals surface area (Å²) in [7, 11) is 0. The van der Waals surface area contributed by atoms with Crippen molar-refractivity contribution >= 4 is 0 Å².